The summed E-state index contributed by atoms with van der Waals surface area (Å²) < 4.78 is 72.1. The number of nitrogens with one attached hydrogen (secondary N) is 3. The van der Waals surface area contributed by atoms with E-state index >= 15 is 0 Å². The van der Waals surface area contributed by atoms with Crippen molar-refractivity contribution >= 4 is 46.5 Å². The first-order chi connectivity index (χ1) is 38.2. The van der Waals surface area contributed by atoms with Gasteiger partial charge >= 0.3 is 18.2 Å². The number of nitro groups is 1. The molecule has 3 aromatic carbocycles. The van der Waals surface area contributed by atoms with Gasteiger partial charge in [-0.1, -0.05) is 72.6 Å². The van der Waals surface area contributed by atoms with Crippen molar-refractivity contribution in [2.24, 2.45) is 11.8 Å². The number of aliphatic hydroxyl groups is 2. The molecule has 6 saturated heterocycles. The molecule has 10 atom stereocenters. The number of fused-ring (bicyclic) bond motifs is 2. The molecule has 0 aliphatic carbocycles. The molecule has 2 unspecified atom stereocenters. The summed E-state index contributed by atoms with van der Waals surface area (Å²) in [5, 5.41) is 46.5. The highest BCUT2D eigenvalue weighted by atomic mass is 32.2. The summed E-state index contributed by atoms with van der Waals surface area (Å²) in [5.74, 6) is -0.982. The summed E-state index contributed by atoms with van der Waals surface area (Å²) >= 11 is 3.42. The summed E-state index contributed by atoms with van der Waals surface area (Å²) in [6.45, 7) is 3.39. The van der Waals surface area contributed by atoms with Crippen LogP contribution in [0.4, 0.5) is 15.3 Å². The van der Waals surface area contributed by atoms with Crippen molar-refractivity contribution in [1.82, 2.24) is 20.6 Å². The lowest BCUT2D eigenvalue weighted by atomic mass is 10.0. The van der Waals surface area contributed by atoms with Crippen LogP contribution in [0.3, 0.4) is 0 Å². The van der Waals surface area contributed by atoms with Crippen LogP contribution in [-0.2, 0) is 75.2 Å². The third-order valence-corrected chi connectivity index (χ3v) is 15.8. The zero-order chi connectivity index (χ0) is 56.2. The minimum absolute atomic E-state index is 0. The Labute approximate surface area is 470 Å². The van der Waals surface area contributed by atoms with Crippen molar-refractivity contribution in [1.29, 1.82) is 0 Å². The summed E-state index contributed by atoms with van der Waals surface area (Å²) in [4.78, 5) is 56.7. The fourth-order valence-electron chi connectivity index (χ4n) is 9.51. The molecular formula is C53H75N5O20S2. The topological polar surface area (TPSA) is 321 Å². The van der Waals surface area contributed by atoms with Crippen LogP contribution >= 0.6 is 12.6 Å². The molecule has 6 fully saturated rings. The number of carbonyl (C=O) groups excluding carboxylic acids is 2. The fraction of sp³-hybridized carbons (Fsp3) is 0.604. The van der Waals surface area contributed by atoms with Gasteiger partial charge in [0.15, 0.2) is 12.6 Å². The van der Waals surface area contributed by atoms with Crippen LogP contribution in [0.2, 0.25) is 0 Å². The SMILES string of the molecule is C.O=C(N[C@@H](Cc1ccccc1)[C@H](O)CN(OC1CCOCC1)S(=O)(=O)c1ccc([N+](=O)[O-])cc1)OC1CO[C@H]2OCC[C@@H]12.O=C(N[C@@H](Cc1ccccc1)[C@H](O)CNOC1CCOCC1)OC1CO[C@H]2OCC[C@@H]12.O=C(O)CS. The number of carboxylic acids is 1. The van der Waals surface area contributed by atoms with Gasteiger partial charge in [0.05, 0.1) is 96.9 Å². The van der Waals surface area contributed by atoms with Crippen LogP contribution in [-0.4, -0.2) is 184 Å². The lowest BCUT2D eigenvalue weighted by Gasteiger charge is -2.32. The molecule has 6 aliphatic heterocycles. The molecule has 9 rings (SSSR count). The van der Waals surface area contributed by atoms with Gasteiger partial charge in [-0.05, 0) is 74.6 Å². The molecule has 6 aliphatic rings. The number of hydrogen-bond donors (Lipinski definition) is 7. The number of carboxylic acid groups (broad SMARTS) is 1. The van der Waals surface area contributed by atoms with Crippen molar-refractivity contribution in [3.8, 4) is 0 Å². The number of amides is 2. The highest BCUT2D eigenvalue weighted by Crippen LogP contribution is 2.34. The second-order valence-electron chi connectivity index (χ2n) is 19.4. The third-order valence-electron chi connectivity index (χ3n) is 13.9. The Kier molecular flexibility index (Phi) is 26.0. The first-order valence-corrected chi connectivity index (χ1v) is 28.4. The van der Waals surface area contributed by atoms with Gasteiger partial charge in [-0.25, -0.2) is 18.0 Å². The summed E-state index contributed by atoms with van der Waals surface area (Å²) in [6.07, 6.45) is -1.03. The van der Waals surface area contributed by atoms with Gasteiger partial charge in [0.25, 0.3) is 15.7 Å². The predicted molar refractivity (Wildman–Crippen MR) is 287 cm³/mol. The van der Waals surface area contributed by atoms with E-state index in [1.807, 2.05) is 60.7 Å². The molecule has 25 nitrogen and oxygen atoms in total. The number of ether oxygens (including phenoxy) is 8. The van der Waals surface area contributed by atoms with Crippen molar-refractivity contribution in [3.05, 3.63) is 106 Å². The number of aliphatic hydroxyl groups excluding tert-OH is 2. The number of alkyl carbamates (subject to hydrolysis) is 2. The maximum absolute atomic E-state index is 13.7. The Morgan fingerprint density at radius 3 is 1.61 bits per heavy atom. The van der Waals surface area contributed by atoms with Gasteiger partial charge in [-0.3, -0.25) is 24.6 Å². The molecule has 6 heterocycles. The molecule has 3 aromatic rings. The van der Waals surface area contributed by atoms with Crippen molar-refractivity contribution in [3.63, 3.8) is 0 Å². The van der Waals surface area contributed by atoms with E-state index in [2.05, 4.69) is 28.7 Å². The molecule has 6 N–H and O–H groups in total. The molecule has 0 saturated carbocycles. The van der Waals surface area contributed by atoms with Gasteiger partial charge < -0.3 is 63.8 Å². The largest absolute Gasteiger partial charge is 0.481 e. The minimum Gasteiger partial charge on any atom is -0.481 e. The van der Waals surface area contributed by atoms with Crippen LogP contribution in [0.5, 0.6) is 0 Å². The molecule has 444 valence electrons. The molecule has 0 spiro atoms. The number of non-ortho nitro benzene ring substituents is 1. The van der Waals surface area contributed by atoms with E-state index in [9.17, 15) is 43.1 Å². The van der Waals surface area contributed by atoms with Crippen molar-refractivity contribution in [2.45, 2.75) is 125 Å². The Hall–Kier alpha value is -5.11. The lowest BCUT2D eigenvalue weighted by molar-refractivity contribution is -0.384. The predicted octanol–water partition coefficient (Wildman–Crippen LogP) is 3.94. The van der Waals surface area contributed by atoms with E-state index in [0.29, 0.717) is 76.4 Å². The maximum atomic E-state index is 13.7. The summed E-state index contributed by atoms with van der Waals surface area (Å²) in [6, 6.07) is 21.7. The zero-order valence-electron chi connectivity index (χ0n) is 43.5. The van der Waals surface area contributed by atoms with E-state index in [-0.39, 0.29) is 73.7 Å². The molecule has 2 amide bonds. The van der Waals surface area contributed by atoms with Gasteiger partial charge in [0.2, 0.25) is 0 Å². The third kappa shape index (κ3) is 19.5. The highest BCUT2D eigenvalue weighted by Gasteiger charge is 2.45. The normalized spacial score (nSPS) is 24.2. The number of carbonyl (C=O) groups is 3. The average Bonchev–Trinajstić information content (AvgIpc) is 4.29. The van der Waals surface area contributed by atoms with Crippen molar-refractivity contribution < 1.29 is 90.6 Å². The standard InChI is InChI=1S/C28H35N3O11S.C22H32N2O7.C2H4O2S.CH4/c32-25(17-30(42-21-10-13-38-14-11-21)43(36,37)22-8-6-20(7-9-22)31(34)35)24(16-19-4-2-1-3-5-19)29-28(33)41-26-18-40-27-23(26)12-15-39-27;25-19(13-23-31-16-6-9-27-10-7-16)18(12-15-4-2-1-3-5-15)24-22(26)30-20-14-29-21-17(20)8-11-28-21;3-2(4)1-5;/h1-9,21,23-27,32H,10-18H2,(H,29,33);1-5,16-21,23,25H,6-14H2,(H,24,26);5H,1H2,(H,3,4);1H4/t23-,24-,25+,26?,27+;17-,18-,19+,20?,21+;;/m00../s1. The van der Waals surface area contributed by atoms with E-state index in [1.54, 1.807) is 0 Å². The van der Waals surface area contributed by atoms with Gasteiger partial charge in [-0.2, -0.15) is 18.1 Å². The molecule has 27 heteroatoms. The number of hydroxylamine groups is 2. The fourth-order valence-corrected chi connectivity index (χ4v) is 10.8. The number of thiol groups is 1. The Bertz CT molecular complexity index is 2460. The Balaban J connectivity index is 0.000000245. The highest BCUT2D eigenvalue weighted by molar-refractivity contribution is 7.89. The smallest absolute Gasteiger partial charge is 0.407 e. The van der Waals surface area contributed by atoms with E-state index in [1.165, 1.54) is 0 Å². The van der Waals surface area contributed by atoms with Gasteiger partial charge in [-0.15, -0.1) is 0 Å². The van der Waals surface area contributed by atoms with Crippen LogP contribution in [0.1, 0.15) is 57.1 Å². The number of rotatable bonds is 22. The molecule has 0 bridgehead atoms. The number of benzene rings is 3. The number of aliphatic carboxylic acids is 1. The zero-order valence-corrected chi connectivity index (χ0v) is 45.2. The number of sulfonamides is 1. The molecular weight excluding hydrogens is 1090 g/mol. The lowest BCUT2D eigenvalue weighted by Crippen LogP contribution is -2.52. The molecule has 0 radical (unpaired) electrons. The monoisotopic (exact) mass is 1170 g/mol. The Morgan fingerprint density at radius 2 is 1.15 bits per heavy atom. The number of hydrogen-bond acceptors (Lipinski definition) is 21. The summed E-state index contributed by atoms with van der Waals surface area (Å²) in [5.41, 5.74) is 4.38. The second kappa shape index (κ2) is 32.5. The maximum Gasteiger partial charge on any atom is 0.407 e. The van der Waals surface area contributed by atoms with E-state index in [4.69, 9.17) is 52.7 Å². The summed E-state index contributed by atoms with van der Waals surface area (Å²) in [7, 11) is -4.39. The van der Waals surface area contributed by atoms with Crippen LogP contribution in [0.15, 0.2) is 89.8 Å². The minimum atomic E-state index is -4.39. The van der Waals surface area contributed by atoms with E-state index < -0.39 is 82.4 Å². The molecule has 80 heavy (non-hydrogen) atoms. The first kappa shape index (κ1) is 64.1. The van der Waals surface area contributed by atoms with Gasteiger partial charge in [0.1, 0.15) is 12.2 Å². The first-order valence-electron chi connectivity index (χ1n) is 26.3. The van der Waals surface area contributed by atoms with E-state index in [0.717, 1.165) is 54.7 Å². The quantitative estimate of drug-likeness (QED) is 0.0426. The molecule has 0 aromatic heterocycles. The van der Waals surface area contributed by atoms with Crippen molar-refractivity contribution in [2.75, 3.05) is 71.7 Å². The van der Waals surface area contributed by atoms with Crippen LogP contribution < -0.4 is 16.1 Å². The second-order valence-corrected chi connectivity index (χ2v) is 21.6. The van der Waals surface area contributed by atoms with Gasteiger partial charge in [0, 0.05) is 45.1 Å². The number of nitro benzene ring substituents is 1. The number of nitrogens with zero attached hydrogens (tertiary/aromatic N) is 2. The van der Waals surface area contributed by atoms with Crippen LogP contribution in [0, 0.1) is 22.0 Å². The average molecular weight is 1170 g/mol. The Morgan fingerprint density at radius 1 is 0.688 bits per heavy atom. The van der Waals surface area contributed by atoms with Crippen LogP contribution in [0.25, 0.3) is 0 Å².